The number of rotatable bonds is 9. The van der Waals surface area contributed by atoms with Gasteiger partial charge in [-0.3, -0.25) is 0 Å². The summed E-state index contributed by atoms with van der Waals surface area (Å²) >= 11 is 0. The molecule has 1 aromatic carbocycles. The third-order valence-electron chi connectivity index (χ3n) is 6.89. The first kappa shape index (κ1) is 23.5. The summed E-state index contributed by atoms with van der Waals surface area (Å²) in [7, 11) is -3.28. The van der Waals surface area contributed by atoms with Crippen molar-refractivity contribution in [2.75, 3.05) is 25.1 Å². The number of sulfonamides is 1. The van der Waals surface area contributed by atoms with Gasteiger partial charge in [-0.1, -0.05) is 24.8 Å². The topological polar surface area (TPSA) is 119 Å². The van der Waals surface area contributed by atoms with Crippen molar-refractivity contribution >= 4 is 21.7 Å². The van der Waals surface area contributed by atoms with E-state index >= 15 is 0 Å². The number of nitrogens with zero attached hydrogens (tertiary/aromatic N) is 3. The van der Waals surface area contributed by atoms with Crippen LogP contribution >= 0.6 is 0 Å². The zero-order chi connectivity index (χ0) is 23.8. The molecule has 0 spiro atoms. The minimum atomic E-state index is -3.28. The van der Waals surface area contributed by atoms with Crippen LogP contribution in [0.1, 0.15) is 43.4 Å². The predicted octanol–water partition coefficient (Wildman–Crippen LogP) is 2.68. The molecule has 1 aliphatic carbocycles. The highest BCUT2D eigenvalue weighted by Gasteiger charge is 2.36. The average molecular weight is 471 g/mol. The van der Waals surface area contributed by atoms with Crippen LogP contribution < -0.4 is 16.2 Å². The molecule has 2 fully saturated rings. The Morgan fingerprint density at radius 2 is 2.12 bits per heavy atom. The summed E-state index contributed by atoms with van der Waals surface area (Å²) < 4.78 is 27.7. The number of aromatic nitrogens is 1. The summed E-state index contributed by atoms with van der Waals surface area (Å²) in [5.41, 5.74) is 16.2. The van der Waals surface area contributed by atoms with Crippen LogP contribution in [0, 0.1) is 5.92 Å². The number of amidine groups is 1. The summed E-state index contributed by atoms with van der Waals surface area (Å²) in [6.45, 7) is 8.54. The maximum atomic E-state index is 11.5. The smallest absolute Gasteiger partial charge is 0.209 e. The normalized spacial score (nSPS) is 23.7. The largest absolute Gasteiger partial charge is 0.384 e. The van der Waals surface area contributed by atoms with Crippen molar-refractivity contribution in [3.63, 3.8) is 0 Å². The molecule has 2 heterocycles. The number of benzene rings is 1. The molecule has 1 saturated heterocycles. The van der Waals surface area contributed by atoms with E-state index in [9.17, 15) is 8.42 Å². The van der Waals surface area contributed by atoms with E-state index in [0.29, 0.717) is 35.2 Å². The number of hydrogen-bond acceptors (Lipinski definition) is 5. The molecule has 0 amide bonds. The number of nitrogens with two attached hydrogens (primary N) is 2. The van der Waals surface area contributed by atoms with Crippen LogP contribution in [-0.4, -0.2) is 49.1 Å². The van der Waals surface area contributed by atoms with Crippen LogP contribution in [0.15, 0.2) is 48.2 Å². The highest BCUT2D eigenvalue weighted by Crippen LogP contribution is 2.43. The number of nitrogens with one attached hydrogen (secondary N) is 1. The SMILES string of the molecule is C=CN=C(N)c1c(-c2cccc(CNS(C)(=O)=O)c2)cn(C2CC(CN3CC[C@H]3C)C2)c1N. The summed E-state index contributed by atoms with van der Waals surface area (Å²) in [6.07, 6.45) is 8.11. The van der Waals surface area contributed by atoms with E-state index in [4.69, 9.17) is 11.5 Å². The highest BCUT2D eigenvalue weighted by molar-refractivity contribution is 7.88. The van der Waals surface area contributed by atoms with Gasteiger partial charge in [-0.15, -0.1) is 0 Å². The standard InChI is InChI=1S/C24H34N6O2S/c1-4-27-23(25)22-21(19-7-5-6-17(10-19)13-28-33(3,31)32)15-30(24(22)26)20-11-18(12-20)14-29-9-8-16(29)2/h4-7,10,15-16,18,20,28H,1,8-9,11-14,26H2,2-3H3,(H2,25,27)/t16-,18?,20?/m1/s1. The van der Waals surface area contributed by atoms with Crippen LogP contribution in [0.4, 0.5) is 5.82 Å². The first-order valence-electron chi connectivity index (χ1n) is 11.4. The fourth-order valence-electron chi connectivity index (χ4n) is 4.81. The summed E-state index contributed by atoms with van der Waals surface area (Å²) in [4.78, 5) is 6.75. The molecule has 0 unspecified atom stereocenters. The Hall–Kier alpha value is -2.62. The van der Waals surface area contributed by atoms with Gasteiger partial charge in [0.15, 0.2) is 0 Å². The first-order chi connectivity index (χ1) is 15.7. The Morgan fingerprint density at radius 1 is 1.36 bits per heavy atom. The molecule has 0 radical (unpaired) electrons. The molecular weight excluding hydrogens is 436 g/mol. The third kappa shape index (κ3) is 5.15. The molecule has 33 heavy (non-hydrogen) atoms. The monoisotopic (exact) mass is 470 g/mol. The van der Waals surface area contributed by atoms with Gasteiger partial charge >= 0.3 is 0 Å². The molecule has 1 saturated carbocycles. The van der Waals surface area contributed by atoms with Gasteiger partial charge in [0.25, 0.3) is 0 Å². The second kappa shape index (κ2) is 9.32. The van der Waals surface area contributed by atoms with E-state index < -0.39 is 10.0 Å². The highest BCUT2D eigenvalue weighted by atomic mass is 32.2. The minimum Gasteiger partial charge on any atom is -0.384 e. The van der Waals surface area contributed by atoms with E-state index in [1.54, 1.807) is 0 Å². The molecule has 1 aliphatic heterocycles. The lowest BCUT2D eigenvalue weighted by Gasteiger charge is -2.45. The Morgan fingerprint density at radius 3 is 2.73 bits per heavy atom. The summed E-state index contributed by atoms with van der Waals surface area (Å²) in [5.74, 6) is 1.62. The van der Waals surface area contributed by atoms with Gasteiger partial charge in [0.05, 0.1) is 11.8 Å². The maximum absolute atomic E-state index is 11.5. The molecule has 8 nitrogen and oxygen atoms in total. The quantitative estimate of drug-likeness (QED) is 0.385. The van der Waals surface area contributed by atoms with Crippen LogP contribution in [0.5, 0.6) is 0 Å². The van der Waals surface area contributed by atoms with Crippen LogP contribution in [0.2, 0.25) is 0 Å². The van der Waals surface area contributed by atoms with Gasteiger partial charge in [-0.05, 0) is 55.8 Å². The molecule has 5 N–H and O–H groups in total. The van der Waals surface area contributed by atoms with Crippen LogP contribution in [-0.2, 0) is 16.6 Å². The summed E-state index contributed by atoms with van der Waals surface area (Å²) in [6, 6.07) is 8.76. The second-order valence-electron chi connectivity index (χ2n) is 9.32. The number of aliphatic imine (C=N–C) groups is 1. The van der Waals surface area contributed by atoms with E-state index in [-0.39, 0.29) is 6.54 Å². The fraction of sp³-hybridized carbons (Fsp3) is 0.458. The van der Waals surface area contributed by atoms with E-state index in [2.05, 4.69) is 38.9 Å². The van der Waals surface area contributed by atoms with Gasteiger partial charge in [-0.25, -0.2) is 18.1 Å². The molecular formula is C24H34N6O2S. The van der Waals surface area contributed by atoms with Crippen molar-refractivity contribution in [1.82, 2.24) is 14.2 Å². The van der Waals surface area contributed by atoms with E-state index in [0.717, 1.165) is 42.3 Å². The zero-order valence-electron chi connectivity index (χ0n) is 19.4. The average Bonchev–Trinajstić information content (AvgIpc) is 3.07. The fourth-order valence-corrected chi connectivity index (χ4v) is 5.23. The van der Waals surface area contributed by atoms with E-state index in [1.165, 1.54) is 19.2 Å². The van der Waals surface area contributed by atoms with Crippen molar-refractivity contribution in [2.24, 2.45) is 16.6 Å². The molecule has 178 valence electrons. The van der Waals surface area contributed by atoms with Crippen molar-refractivity contribution in [1.29, 1.82) is 0 Å². The zero-order valence-corrected chi connectivity index (χ0v) is 20.2. The Labute approximate surface area is 196 Å². The molecule has 9 heteroatoms. The Kier molecular flexibility index (Phi) is 6.65. The van der Waals surface area contributed by atoms with E-state index in [1.807, 2.05) is 24.3 Å². The number of hydrogen-bond donors (Lipinski definition) is 3. The predicted molar refractivity (Wildman–Crippen MR) is 134 cm³/mol. The molecule has 1 aromatic heterocycles. The lowest BCUT2D eigenvalue weighted by Crippen LogP contribution is -2.49. The number of likely N-dealkylation sites (tertiary alicyclic amines) is 1. The molecule has 1 atom stereocenters. The van der Waals surface area contributed by atoms with Crippen molar-refractivity contribution in [3.05, 3.63) is 54.4 Å². The second-order valence-corrected chi connectivity index (χ2v) is 11.2. The first-order valence-corrected chi connectivity index (χ1v) is 13.3. The molecule has 0 bridgehead atoms. The molecule has 2 aliphatic rings. The lowest BCUT2D eigenvalue weighted by molar-refractivity contribution is 0.0478. The minimum absolute atomic E-state index is 0.216. The third-order valence-corrected chi connectivity index (χ3v) is 7.56. The Balaban J connectivity index is 1.60. The van der Waals surface area contributed by atoms with Crippen molar-refractivity contribution in [2.45, 2.75) is 44.8 Å². The van der Waals surface area contributed by atoms with Crippen molar-refractivity contribution in [3.8, 4) is 11.1 Å². The summed E-state index contributed by atoms with van der Waals surface area (Å²) in [5, 5.41) is 0. The van der Waals surface area contributed by atoms with Crippen LogP contribution in [0.25, 0.3) is 11.1 Å². The van der Waals surface area contributed by atoms with Gasteiger partial charge in [0, 0.05) is 43.1 Å². The molecule has 4 rings (SSSR count). The molecule has 2 aromatic rings. The van der Waals surface area contributed by atoms with Gasteiger partial charge < -0.3 is 20.9 Å². The lowest BCUT2D eigenvalue weighted by atomic mass is 9.79. The van der Waals surface area contributed by atoms with Crippen LogP contribution in [0.3, 0.4) is 0 Å². The van der Waals surface area contributed by atoms with Gasteiger partial charge in [0.2, 0.25) is 10.0 Å². The van der Waals surface area contributed by atoms with Gasteiger partial charge in [0.1, 0.15) is 11.7 Å². The number of anilines is 1. The Bertz CT molecular complexity index is 1160. The number of nitrogen functional groups attached to an aromatic ring is 1. The maximum Gasteiger partial charge on any atom is 0.209 e. The van der Waals surface area contributed by atoms with Gasteiger partial charge in [-0.2, -0.15) is 0 Å². The van der Waals surface area contributed by atoms with Crippen molar-refractivity contribution < 1.29 is 8.42 Å².